The highest BCUT2D eigenvalue weighted by Crippen LogP contribution is 2.40. The molecule has 112 valence electrons. The van der Waals surface area contributed by atoms with Gasteiger partial charge < -0.3 is 14.2 Å². The van der Waals surface area contributed by atoms with Crippen LogP contribution in [0.25, 0.3) is 0 Å². The maximum Gasteiger partial charge on any atom is 0.0871 e. The van der Waals surface area contributed by atoms with Gasteiger partial charge in [0.25, 0.3) is 0 Å². The molecule has 0 saturated carbocycles. The number of rotatable bonds is 2. The van der Waals surface area contributed by atoms with E-state index in [1.54, 1.807) is 4.99 Å². The Balaban J connectivity index is 1.73. The van der Waals surface area contributed by atoms with Gasteiger partial charge in [0, 0.05) is 22.7 Å². The van der Waals surface area contributed by atoms with Crippen molar-refractivity contribution in [2.24, 2.45) is 0 Å². The van der Waals surface area contributed by atoms with Gasteiger partial charge in [0.2, 0.25) is 0 Å². The third kappa shape index (κ3) is 3.40. The van der Waals surface area contributed by atoms with Gasteiger partial charge in [-0.25, -0.2) is 0 Å². The Labute approximate surface area is 137 Å². The Kier molecular flexibility index (Phi) is 5.06. The van der Waals surface area contributed by atoms with E-state index in [0.717, 1.165) is 25.7 Å². The van der Waals surface area contributed by atoms with E-state index in [-0.39, 0.29) is 24.4 Å². The van der Waals surface area contributed by atoms with Gasteiger partial charge in [-0.3, -0.25) is 0 Å². The SMILES string of the molecule is CC[C@@H]1O[C@@H]2C[C@@H]3O[C@@H]3C[C@H](C=C=CBr)O[C@@H]2C[C@H]1Br. The molecule has 0 bridgehead atoms. The summed E-state index contributed by atoms with van der Waals surface area (Å²) >= 11 is 6.99. The summed E-state index contributed by atoms with van der Waals surface area (Å²) < 4.78 is 18.2. The van der Waals surface area contributed by atoms with Crippen molar-refractivity contribution in [3.05, 3.63) is 16.8 Å². The molecule has 3 saturated heterocycles. The number of fused-ring (bicyclic) bond motifs is 2. The summed E-state index contributed by atoms with van der Waals surface area (Å²) in [5.41, 5.74) is 3.07. The van der Waals surface area contributed by atoms with Gasteiger partial charge in [-0.05, 0) is 18.9 Å². The summed E-state index contributed by atoms with van der Waals surface area (Å²) in [6.45, 7) is 2.17. The highest BCUT2D eigenvalue weighted by molar-refractivity contribution is 9.11. The van der Waals surface area contributed by atoms with Crippen LogP contribution in [0.5, 0.6) is 0 Å². The predicted molar refractivity (Wildman–Crippen MR) is 84.4 cm³/mol. The van der Waals surface area contributed by atoms with Crippen molar-refractivity contribution in [3.8, 4) is 0 Å². The van der Waals surface area contributed by atoms with Gasteiger partial charge in [0.1, 0.15) is 0 Å². The van der Waals surface area contributed by atoms with Gasteiger partial charge in [-0.1, -0.05) is 38.8 Å². The lowest BCUT2D eigenvalue weighted by molar-refractivity contribution is -0.153. The van der Waals surface area contributed by atoms with Crippen LogP contribution in [0.4, 0.5) is 0 Å². The summed E-state index contributed by atoms with van der Waals surface area (Å²) in [5, 5.41) is 0. The molecule has 0 aromatic carbocycles. The molecule has 5 heteroatoms. The summed E-state index contributed by atoms with van der Waals surface area (Å²) in [4.78, 5) is 2.11. The average Bonchev–Trinajstić information content (AvgIpc) is 3.13. The van der Waals surface area contributed by atoms with Crippen LogP contribution >= 0.6 is 31.9 Å². The molecule has 0 spiro atoms. The second-order valence-electron chi connectivity index (χ2n) is 5.71. The fraction of sp³-hybridized carbons (Fsp3) is 0.800. The first-order valence-corrected chi connectivity index (χ1v) is 9.16. The summed E-state index contributed by atoms with van der Waals surface area (Å²) in [6, 6.07) is 0. The molecule has 0 unspecified atom stereocenters. The molecule has 0 aromatic heterocycles. The molecule has 3 nitrogen and oxygen atoms in total. The van der Waals surface area contributed by atoms with Gasteiger partial charge in [-0.2, -0.15) is 0 Å². The molecule has 3 aliphatic heterocycles. The fourth-order valence-corrected chi connectivity index (χ4v) is 4.23. The van der Waals surface area contributed by atoms with E-state index in [1.807, 2.05) is 6.08 Å². The highest BCUT2D eigenvalue weighted by atomic mass is 79.9. The Morgan fingerprint density at radius 2 is 1.75 bits per heavy atom. The van der Waals surface area contributed by atoms with Gasteiger partial charge in [-0.15, -0.1) is 5.73 Å². The second kappa shape index (κ2) is 6.64. The first-order valence-electron chi connectivity index (χ1n) is 7.33. The van der Waals surface area contributed by atoms with E-state index in [1.165, 1.54) is 0 Å². The molecule has 0 aliphatic carbocycles. The van der Waals surface area contributed by atoms with E-state index in [0.29, 0.717) is 17.0 Å². The lowest BCUT2D eigenvalue weighted by atomic mass is 9.93. The first kappa shape index (κ1) is 15.3. The van der Waals surface area contributed by atoms with Crippen LogP contribution in [-0.4, -0.2) is 41.5 Å². The molecule has 0 aromatic rings. The number of hydrogen-bond donors (Lipinski definition) is 0. The molecule has 0 N–H and O–H groups in total. The predicted octanol–water partition coefficient (Wildman–Crippen LogP) is 3.70. The van der Waals surface area contributed by atoms with E-state index in [4.69, 9.17) is 14.2 Å². The Morgan fingerprint density at radius 3 is 2.50 bits per heavy atom. The van der Waals surface area contributed by atoms with Crippen molar-refractivity contribution in [3.63, 3.8) is 0 Å². The molecule has 20 heavy (non-hydrogen) atoms. The smallest absolute Gasteiger partial charge is 0.0871 e. The van der Waals surface area contributed by atoms with Crippen molar-refractivity contribution in [2.45, 2.75) is 74.1 Å². The molecule has 0 amide bonds. The van der Waals surface area contributed by atoms with Crippen LogP contribution in [0.3, 0.4) is 0 Å². The zero-order valence-electron chi connectivity index (χ0n) is 11.5. The Hall–Kier alpha value is 0.360. The van der Waals surface area contributed by atoms with Crippen molar-refractivity contribution >= 4 is 31.9 Å². The van der Waals surface area contributed by atoms with Crippen molar-refractivity contribution in [1.29, 1.82) is 0 Å². The fourth-order valence-electron chi connectivity index (χ4n) is 3.21. The summed E-state index contributed by atoms with van der Waals surface area (Å²) in [5.74, 6) is 0. The van der Waals surface area contributed by atoms with Crippen LogP contribution in [0.1, 0.15) is 32.6 Å². The minimum atomic E-state index is 0.0630. The minimum absolute atomic E-state index is 0.0630. The standard InChI is InChI=1S/C15H20Br2O3/c1-2-11-10(17)7-13-15(19-11)8-14-12(20-14)6-9(18-13)4-3-5-16/h4-5,9-15H,2,6-8H2,1H3/t3?,9-,10+,11-,12+,13+,14-,15+/m0/s1. The van der Waals surface area contributed by atoms with E-state index >= 15 is 0 Å². The average molecular weight is 408 g/mol. The zero-order chi connectivity index (χ0) is 14.1. The minimum Gasteiger partial charge on any atom is -0.371 e. The zero-order valence-corrected chi connectivity index (χ0v) is 14.7. The van der Waals surface area contributed by atoms with E-state index in [9.17, 15) is 0 Å². The van der Waals surface area contributed by atoms with Gasteiger partial charge in [0.05, 0.1) is 36.6 Å². The van der Waals surface area contributed by atoms with Crippen LogP contribution in [-0.2, 0) is 14.2 Å². The maximum atomic E-state index is 6.26. The number of alkyl halides is 1. The Morgan fingerprint density at radius 1 is 1.05 bits per heavy atom. The monoisotopic (exact) mass is 406 g/mol. The lowest BCUT2D eigenvalue weighted by Crippen LogP contribution is -2.48. The molecule has 0 radical (unpaired) electrons. The molecule has 3 heterocycles. The molecule has 7 atom stereocenters. The molecule has 3 fully saturated rings. The third-order valence-electron chi connectivity index (χ3n) is 4.34. The largest absolute Gasteiger partial charge is 0.371 e. The Bertz CT molecular complexity index is 408. The van der Waals surface area contributed by atoms with Crippen molar-refractivity contribution < 1.29 is 14.2 Å². The van der Waals surface area contributed by atoms with Gasteiger partial charge in [0.15, 0.2) is 0 Å². The summed E-state index contributed by atoms with van der Waals surface area (Å²) in [7, 11) is 0. The van der Waals surface area contributed by atoms with Crippen molar-refractivity contribution in [1.82, 2.24) is 0 Å². The normalized spacial score (nSPS) is 47.0. The van der Waals surface area contributed by atoms with Crippen LogP contribution < -0.4 is 0 Å². The van der Waals surface area contributed by atoms with Crippen molar-refractivity contribution in [2.75, 3.05) is 0 Å². The second-order valence-corrected chi connectivity index (χ2v) is 7.35. The van der Waals surface area contributed by atoms with Gasteiger partial charge >= 0.3 is 0 Å². The van der Waals surface area contributed by atoms with Crippen LogP contribution in [0, 0.1) is 0 Å². The third-order valence-corrected chi connectivity index (χ3v) is 5.57. The lowest BCUT2D eigenvalue weighted by Gasteiger charge is -2.41. The number of epoxide rings is 1. The number of ether oxygens (including phenoxy) is 3. The van der Waals surface area contributed by atoms with E-state index < -0.39 is 0 Å². The maximum absolute atomic E-state index is 6.26. The van der Waals surface area contributed by atoms with E-state index in [2.05, 4.69) is 44.5 Å². The topological polar surface area (TPSA) is 31.0 Å². The van der Waals surface area contributed by atoms with Crippen LogP contribution in [0.2, 0.25) is 0 Å². The molecule has 3 aliphatic rings. The summed E-state index contributed by atoms with van der Waals surface area (Å²) in [6.07, 6.45) is 7.25. The molecular formula is C15H20Br2O3. The molecular weight excluding hydrogens is 388 g/mol. The first-order chi connectivity index (χ1) is 9.71. The number of hydrogen-bond acceptors (Lipinski definition) is 3. The van der Waals surface area contributed by atoms with Crippen LogP contribution in [0.15, 0.2) is 16.8 Å². The quantitative estimate of drug-likeness (QED) is 0.397. The highest BCUT2D eigenvalue weighted by Gasteiger charge is 2.48. The molecule has 3 rings (SSSR count). The number of halogens is 2.